The molecule has 1 aliphatic heterocycles. The lowest BCUT2D eigenvalue weighted by Crippen LogP contribution is -2.43. The first-order valence-electron chi connectivity index (χ1n) is 7.97. The van der Waals surface area contributed by atoms with E-state index in [-0.39, 0.29) is 18.4 Å². The van der Waals surface area contributed by atoms with E-state index in [1.54, 1.807) is 12.1 Å². The fraction of sp³-hybridized carbons (Fsp3) is 0.588. The van der Waals surface area contributed by atoms with Crippen molar-refractivity contribution in [1.82, 2.24) is 10.2 Å². The Morgan fingerprint density at radius 3 is 2.70 bits per heavy atom. The van der Waals surface area contributed by atoms with Gasteiger partial charge in [-0.3, -0.25) is 4.90 Å². The smallest absolute Gasteiger partial charge is 0.337 e. The summed E-state index contributed by atoms with van der Waals surface area (Å²) in [7, 11) is 1.40. The van der Waals surface area contributed by atoms with E-state index in [2.05, 4.69) is 17.1 Å². The van der Waals surface area contributed by atoms with Crippen LogP contribution in [0.3, 0.4) is 0 Å². The van der Waals surface area contributed by atoms with Gasteiger partial charge in [-0.05, 0) is 62.7 Å². The van der Waals surface area contributed by atoms with Crippen molar-refractivity contribution in [2.24, 2.45) is 0 Å². The lowest BCUT2D eigenvalue weighted by molar-refractivity contribution is 0.0600. The van der Waals surface area contributed by atoms with Gasteiger partial charge < -0.3 is 10.1 Å². The predicted octanol–water partition coefficient (Wildman–Crippen LogP) is 3.51. The van der Waals surface area contributed by atoms with Crippen LogP contribution < -0.4 is 5.32 Å². The number of esters is 1. The van der Waals surface area contributed by atoms with E-state index in [1.807, 2.05) is 6.07 Å². The molecular weight excluding hydrogens is 335 g/mol. The lowest BCUT2D eigenvalue weighted by atomic mass is 10.0. The molecule has 1 saturated heterocycles. The minimum atomic E-state index is -0.318. The van der Waals surface area contributed by atoms with Gasteiger partial charge >= 0.3 is 5.97 Å². The van der Waals surface area contributed by atoms with Crippen LogP contribution in [-0.4, -0.2) is 43.7 Å². The first-order valence-corrected chi connectivity index (χ1v) is 8.35. The number of rotatable bonds is 6. The van der Waals surface area contributed by atoms with Crippen LogP contribution in [0, 0.1) is 0 Å². The molecule has 1 aliphatic rings. The average Bonchev–Trinajstić information content (AvgIpc) is 2.56. The number of nitrogens with one attached hydrogen (secondary N) is 1. The zero-order chi connectivity index (χ0) is 15.9. The van der Waals surface area contributed by atoms with Crippen LogP contribution in [-0.2, 0) is 11.3 Å². The number of hydrogen-bond donors (Lipinski definition) is 1. The molecule has 0 unspecified atom stereocenters. The number of benzene rings is 1. The van der Waals surface area contributed by atoms with E-state index in [0.717, 1.165) is 51.0 Å². The zero-order valence-electron chi connectivity index (χ0n) is 13.8. The fourth-order valence-electron chi connectivity index (χ4n) is 3.01. The topological polar surface area (TPSA) is 41.6 Å². The van der Waals surface area contributed by atoms with Gasteiger partial charge in [-0.2, -0.15) is 0 Å². The summed E-state index contributed by atoms with van der Waals surface area (Å²) in [6, 6.07) is 5.94. The minimum absolute atomic E-state index is 0. The number of hydrogen-bond acceptors (Lipinski definition) is 4. The summed E-state index contributed by atoms with van der Waals surface area (Å²) in [5.74, 6) is -0.318. The number of nitrogens with zero attached hydrogens (tertiary/aromatic N) is 1. The van der Waals surface area contributed by atoms with Crippen LogP contribution in [0.4, 0.5) is 0 Å². The Morgan fingerprint density at radius 1 is 1.39 bits per heavy atom. The second kappa shape index (κ2) is 10.1. The summed E-state index contributed by atoms with van der Waals surface area (Å²) in [6.07, 6.45) is 3.43. The molecule has 0 radical (unpaired) electrons. The first kappa shape index (κ1) is 20.2. The fourth-order valence-corrected chi connectivity index (χ4v) is 3.19. The van der Waals surface area contributed by atoms with Gasteiger partial charge in [-0.25, -0.2) is 4.79 Å². The third-order valence-corrected chi connectivity index (χ3v) is 4.54. The Kier molecular flexibility index (Phi) is 8.92. The highest BCUT2D eigenvalue weighted by atomic mass is 35.5. The van der Waals surface area contributed by atoms with Crippen LogP contribution in [0.15, 0.2) is 18.2 Å². The summed E-state index contributed by atoms with van der Waals surface area (Å²) in [5.41, 5.74) is 1.56. The normalized spacial score (nSPS) is 15.3. The number of carbonyl (C=O) groups excluding carboxylic acids is 1. The predicted molar refractivity (Wildman–Crippen MR) is 96.6 cm³/mol. The highest BCUT2D eigenvalue weighted by molar-refractivity contribution is 6.31. The highest BCUT2D eigenvalue weighted by Crippen LogP contribution is 2.23. The van der Waals surface area contributed by atoms with Crippen LogP contribution in [0.25, 0.3) is 0 Å². The summed E-state index contributed by atoms with van der Waals surface area (Å²) >= 11 is 6.34. The maximum atomic E-state index is 11.7. The number of piperidine rings is 1. The van der Waals surface area contributed by atoms with Gasteiger partial charge in [-0.15, -0.1) is 12.4 Å². The molecule has 1 heterocycles. The lowest BCUT2D eigenvalue weighted by Gasteiger charge is -2.34. The summed E-state index contributed by atoms with van der Waals surface area (Å²) in [4.78, 5) is 14.2. The monoisotopic (exact) mass is 360 g/mol. The Morgan fingerprint density at radius 2 is 2.09 bits per heavy atom. The maximum absolute atomic E-state index is 11.7. The molecule has 0 amide bonds. The van der Waals surface area contributed by atoms with Crippen molar-refractivity contribution in [3.63, 3.8) is 0 Å². The molecule has 0 spiro atoms. The molecule has 0 aromatic heterocycles. The van der Waals surface area contributed by atoms with E-state index in [1.165, 1.54) is 7.11 Å². The molecule has 2 rings (SSSR count). The van der Waals surface area contributed by atoms with Crippen LogP contribution in [0.1, 0.15) is 42.1 Å². The molecule has 0 saturated carbocycles. The van der Waals surface area contributed by atoms with E-state index in [0.29, 0.717) is 16.6 Å². The van der Waals surface area contributed by atoms with Gasteiger partial charge in [-0.1, -0.05) is 18.5 Å². The summed E-state index contributed by atoms with van der Waals surface area (Å²) < 4.78 is 4.80. The minimum Gasteiger partial charge on any atom is -0.465 e. The zero-order valence-corrected chi connectivity index (χ0v) is 15.4. The molecule has 1 N–H and O–H groups in total. The van der Waals surface area contributed by atoms with Crippen molar-refractivity contribution in [2.75, 3.05) is 26.7 Å². The van der Waals surface area contributed by atoms with Gasteiger partial charge in [0, 0.05) is 17.6 Å². The van der Waals surface area contributed by atoms with Gasteiger partial charge in [0.15, 0.2) is 0 Å². The number of halogens is 2. The van der Waals surface area contributed by atoms with Crippen molar-refractivity contribution in [1.29, 1.82) is 0 Å². The summed E-state index contributed by atoms with van der Waals surface area (Å²) in [6.45, 7) is 6.16. The van der Waals surface area contributed by atoms with Crippen LogP contribution in [0.2, 0.25) is 5.02 Å². The molecule has 1 aromatic carbocycles. The second-order valence-corrected chi connectivity index (χ2v) is 6.16. The number of ether oxygens (including phenoxy) is 1. The molecule has 1 aromatic rings. The Labute approximate surface area is 149 Å². The first-order chi connectivity index (χ1) is 10.7. The molecule has 0 aliphatic carbocycles. The van der Waals surface area contributed by atoms with Crippen molar-refractivity contribution in [2.45, 2.75) is 38.8 Å². The quantitative estimate of drug-likeness (QED) is 0.788. The Hall–Kier alpha value is -0.810. The van der Waals surface area contributed by atoms with Crippen molar-refractivity contribution in [3.05, 3.63) is 34.3 Å². The second-order valence-electron chi connectivity index (χ2n) is 5.75. The van der Waals surface area contributed by atoms with Gasteiger partial charge in [0.05, 0.1) is 12.7 Å². The largest absolute Gasteiger partial charge is 0.465 e. The van der Waals surface area contributed by atoms with E-state index >= 15 is 0 Å². The molecule has 0 atom stereocenters. The molecule has 6 heteroatoms. The molecular formula is C17H26Cl2N2O2. The number of carbonyl (C=O) groups is 1. The van der Waals surface area contributed by atoms with Gasteiger partial charge in [0.1, 0.15) is 0 Å². The third-order valence-electron chi connectivity index (χ3n) is 4.18. The third kappa shape index (κ3) is 5.64. The van der Waals surface area contributed by atoms with Crippen molar-refractivity contribution in [3.8, 4) is 0 Å². The molecule has 0 bridgehead atoms. The van der Waals surface area contributed by atoms with Crippen LogP contribution in [0.5, 0.6) is 0 Å². The van der Waals surface area contributed by atoms with Crippen molar-refractivity contribution >= 4 is 30.0 Å². The molecule has 4 nitrogen and oxygen atoms in total. The van der Waals surface area contributed by atoms with Crippen LogP contribution >= 0.6 is 24.0 Å². The Bertz CT molecular complexity index is 505. The van der Waals surface area contributed by atoms with E-state index in [4.69, 9.17) is 16.3 Å². The Balaban J connectivity index is 0.00000264. The molecule has 23 heavy (non-hydrogen) atoms. The van der Waals surface area contributed by atoms with Gasteiger partial charge in [0.2, 0.25) is 0 Å². The SMILES string of the molecule is CCCN(Cc1cc(C(=O)OC)ccc1Cl)C1CCNCC1.Cl. The van der Waals surface area contributed by atoms with Crippen molar-refractivity contribution < 1.29 is 9.53 Å². The van der Waals surface area contributed by atoms with Gasteiger partial charge in [0.25, 0.3) is 0 Å². The number of methoxy groups -OCH3 is 1. The summed E-state index contributed by atoms with van der Waals surface area (Å²) in [5, 5.41) is 4.12. The van der Waals surface area contributed by atoms with E-state index < -0.39 is 0 Å². The highest BCUT2D eigenvalue weighted by Gasteiger charge is 2.21. The molecule has 1 fully saturated rings. The molecule has 130 valence electrons. The average molecular weight is 361 g/mol. The maximum Gasteiger partial charge on any atom is 0.337 e. The van der Waals surface area contributed by atoms with E-state index in [9.17, 15) is 4.79 Å². The standard InChI is InChI=1S/C17H25ClN2O2.ClH/c1-3-10-20(15-6-8-19-9-7-15)12-14-11-13(17(21)22-2)4-5-16(14)18;/h4-5,11,15,19H,3,6-10,12H2,1-2H3;1H.